The van der Waals surface area contributed by atoms with Crippen LogP contribution in [0.4, 0.5) is 0 Å². The lowest BCUT2D eigenvalue weighted by atomic mass is 10.2. The zero-order valence-corrected chi connectivity index (χ0v) is 8.78. The molecule has 0 radical (unpaired) electrons. The van der Waals surface area contributed by atoms with Gasteiger partial charge in [-0.05, 0) is 0 Å². The van der Waals surface area contributed by atoms with Crippen molar-refractivity contribution in [3.63, 3.8) is 0 Å². The molecule has 0 aromatic carbocycles. The van der Waals surface area contributed by atoms with E-state index < -0.39 is 10.0 Å². The van der Waals surface area contributed by atoms with Gasteiger partial charge in [-0.15, -0.1) is 0 Å². The number of aromatic nitrogens is 3. The van der Waals surface area contributed by atoms with Crippen LogP contribution in [0.3, 0.4) is 0 Å². The van der Waals surface area contributed by atoms with Crippen molar-refractivity contribution in [1.82, 2.24) is 15.0 Å². The molecule has 14 heavy (non-hydrogen) atoms. The van der Waals surface area contributed by atoms with E-state index in [-0.39, 0.29) is 17.5 Å². The lowest BCUT2D eigenvalue weighted by Crippen LogP contribution is -2.08. The molecule has 1 atom stereocenters. The summed E-state index contributed by atoms with van der Waals surface area (Å²) in [6.45, 7) is 3.83. The van der Waals surface area contributed by atoms with E-state index in [4.69, 9.17) is 9.33 Å². The van der Waals surface area contributed by atoms with Crippen molar-refractivity contribution in [3.8, 4) is 0 Å². The SMILES string of the molecule is CC(C)c1ncnc(CS(=N)(=O)O)n1. The van der Waals surface area contributed by atoms with Gasteiger partial charge in [0.1, 0.15) is 23.7 Å². The Kier molecular flexibility index (Phi) is 3.12. The van der Waals surface area contributed by atoms with Gasteiger partial charge in [-0.3, -0.25) is 0 Å². The highest BCUT2D eigenvalue weighted by Gasteiger charge is 2.09. The average molecular weight is 216 g/mol. The van der Waals surface area contributed by atoms with E-state index in [0.717, 1.165) is 0 Å². The first kappa shape index (κ1) is 11.0. The van der Waals surface area contributed by atoms with Gasteiger partial charge < -0.3 is 4.55 Å². The highest BCUT2D eigenvalue weighted by atomic mass is 32.2. The molecule has 0 aliphatic heterocycles. The molecule has 0 bridgehead atoms. The molecular weight excluding hydrogens is 204 g/mol. The predicted molar refractivity (Wildman–Crippen MR) is 51.1 cm³/mol. The summed E-state index contributed by atoms with van der Waals surface area (Å²) >= 11 is 0. The molecule has 78 valence electrons. The van der Waals surface area contributed by atoms with Crippen LogP contribution in [0.15, 0.2) is 6.33 Å². The maximum Gasteiger partial charge on any atom is 0.165 e. The third kappa shape index (κ3) is 3.35. The monoisotopic (exact) mass is 216 g/mol. The molecule has 0 amide bonds. The topological polar surface area (TPSA) is 99.8 Å². The van der Waals surface area contributed by atoms with E-state index in [9.17, 15) is 4.21 Å². The standard InChI is InChI=1S/C7H12N4O2S/c1-5(2)7-10-4-9-6(11-7)3-14(8,12)13/h4-5H,3H2,1-2H3,(H2,8,12,13). The van der Waals surface area contributed by atoms with E-state index in [1.54, 1.807) is 0 Å². The lowest BCUT2D eigenvalue weighted by Gasteiger charge is -2.04. The molecule has 1 aromatic rings. The molecule has 0 aliphatic carbocycles. The van der Waals surface area contributed by atoms with Crippen molar-refractivity contribution in [2.24, 2.45) is 0 Å². The van der Waals surface area contributed by atoms with Crippen molar-refractivity contribution in [2.45, 2.75) is 25.5 Å². The summed E-state index contributed by atoms with van der Waals surface area (Å²) in [7, 11) is -3.57. The third-order valence-electron chi connectivity index (χ3n) is 1.48. The first-order valence-electron chi connectivity index (χ1n) is 4.05. The van der Waals surface area contributed by atoms with Crippen LogP contribution in [-0.2, 0) is 15.8 Å². The van der Waals surface area contributed by atoms with Gasteiger partial charge in [0.05, 0.1) is 0 Å². The number of hydrogen-bond donors (Lipinski definition) is 2. The van der Waals surface area contributed by atoms with Crippen LogP contribution in [-0.4, -0.2) is 23.7 Å². The minimum absolute atomic E-state index is 0.136. The number of nitrogens with one attached hydrogen (secondary N) is 1. The van der Waals surface area contributed by atoms with Gasteiger partial charge in [0.25, 0.3) is 0 Å². The highest BCUT2D eigenvalue weighted by molar-refractivity contribution is 7.86. The lowest BCUT2D eigenvalue weighted by molar-refractivity contribution is 0.545. The molecule has 1 aromatic heterocycles. The summed E-state index contributed by atoms with van der Waals surface area (Å²) in [5.41, 5.74) is 0. The average Bonchev–Trinajstić information content (AvgIpc) is 2.01. The van der Waals surface area contributed by atoms with E-state index in [0.29, 0.717) is 5.82 Å². The number of hydrogen-bond acceptors (Lipinski definition) is 5. The molecule has 6 nitrogen and oxygen atoms in total. The van der Waals surface area contributed by atoms with E-state index in [2.05, 4.69) is 15.0 Å². The molecule has 0 saturated carbocycles. The highest BCUT2D eigenvalue weighted by Crippen LogP contribution is 2.07. The summed E-state index contributed by atoms with van der Waals surface area (Å²) in [4.78, 5) is 11.6. The van der Waals surface area contributed by atoms with Gasteiger partial charge in [-0.2, -0.15) is 0 Å². The Morgan fingerprint density at radius 3 is 2.71 bits per heavy atom. The first-order valence-corrected chi connectivity index (χ1v) is 5.73. The third-order valence-corrected chi connectivity index (χ3v) is 2.13. The fraction of sp³-hybridized carbons (Fsp3) is 0.571. The van der Waals surface area contributed by atoms with Gasteiger partial charge in [-0.25, -0.2) is 23.9 Å². The molecule has 1 heterocycles. The van der Waals surface area contributed by atoms with Crippen LogP contribution in [0.5, 0.6) is 0 Å². The van der Waals surface area contributed by atoms with Crippen LogP contribution in [0.2, 0.25) is 0 Å². The molecule has 1 rings (SSSR count). The molecule has 2 N–H and O–H groups in total. The van der Waals surface area contributed by atoms with Crippen LogP contribution in [0, 0.1) is 4.78 Å². The van der Waals surface area contributed by atoms with Crippen LogP contribution in [0.1, 0.15) is 31.4 Å². The van der Waals surface area contributed by atoms with E-state index >= 15 is 0 Å². The second-order valence-corrected chi connectivity index (χ2v) is 4.77. The summed E-state index contributed by atoms with van der Waals surface area (Å²) in [6.07, 6.45) is 1.29. The fourth-order valence-electron chi connectivity index (χ4n) is 0.867. The van der Waals surface area contributed by atoms with E-state index in [1.165, 1.54) is 6.33 Å². The molecule has 0 fully saturated rings. The van der Waals surface area contributed by atoms with Crippen LogP contribution < -0.4 is 0 Å². The van der Waals surface area contributed by atoms with Gasteiger partial charge in [0.2, 0.25) is 0 Å². The Morgan fingerprint density at radius 2 is 2.21 bits per heavy atom. The van der Waals surface area contributed by atoms with Crippen LogP contribution in [0.25, 0.3) is 0 Å². The molecule has 7 heteroatoms. The Balaban J connectivity index is 2.95. The minimum atomic E-state index is -3.57. The second kappa shape index (κ2) is 3.97. The maximum atomic E-state index is 10.8. The molecule has 1 unspecified atom stereocenters. The van der Waals surface area contributed by atoms with Crippen molar-refractivity contribution in [2.75, 3.05) is 0 Å². The fourth-order valence-corrected chi connectivity index (χ4v) is 1.36. The Morgan fingerprint density at radius 1 is 1.57 bits per heavy atom. The van der Waals surface area contributed by atoms with Crippen molar-refractivity contribution in [1.29, 1.82) is 4.78 Å². The first-order chi connectivity index (χ1) is 6.38. The molecular formula is C7H12N4O2S. The molecule has 0 saturated heterocycles. The smallest absolute Gasteiger partial charge is 0.165 e. The van der Waals surface area contributed by atoms with Gasteiger partial charge in [-0.1, -0.05) is 13.8 Å². The van der Waals surface area contributed by atoms with Gasteiger partial charge in [0, 0.05) is 5.92 Å². The zero-order chi connectivity index (χ0) is 10.8. The van der Waals surface area contributed by atoms with Gasteiger partial charge >= 0.3 is 0 Å². The summed E-state index contributed by atoms with van der Waals surface area (Å²) < 4.78 is 26.4. The Labute approximate surface area is 82.6 Å². The predicted octanol–water partition coefficient (Wildman–Crippen LogP) is 1.01. The normalized spacial score (nSPS) is 15.4. The van der Waals surface area contributed by atoms with Crippen molar-refractivity contribution >= 4 is 10.0 Å². The van der Waals surface area contributed by atoms with Gasteiger partial charge in [0.15, 0.2) is 10.0 Å². The van der Waals surface area contributed by atoms with Crippen molar-refractivity contribution in [3.05, 3.63) is 18.0 Å². The van der Waals surface area contributed by atoms with Crippen LogP contribution >= 0.6 is 0 Å². The maximum absolute atomic E-state index is 10.8. The minimum Gasteiger partial charge on any atom is -0.300 e. The number of rotatable bonds is 3. The summed E-state index contributed by atoms with van der Waals surface area (Å²) in [6, 6.07) is 0. The quantitative estimate of drug-likeness (QED) is 0.785. The Bertz CT molecular complexity index is 415. The second-order valence-electron chi connectivity index (χ2n) is 3.20. The zero-order valence-electron chi connectivity index (χ0n) is 7.97. The molecule has 0 aliphatic rings. The number of nitrogens with zero attached hydrogens (tertiary/aromatic N) is 3. The Hall–Kier alpha value is -1.08. The van der Waals surface area contributed by atoms with Crippen molar-refractivity contribution < 1.29 is 8.76 Å². The summed E-state index contributed by atoms with van der Waals surface area (Å²) in [5.74, 6) is 0.539. The molecule has 0 spiro atoms. The van der Waals surface area contributed by atoms with E-state index in [1.807, 2.05) is 13.8 Å². The largest absolute Gasteiger partial charge is 0.300 e. The summed E-state index contributed by atoms with van der Waals surface area (Å²) in [5, 5.41) is 0.